The lowest BCUT2D eigenvalue weighted by molar-refractivity contribution is 0.105. The maximum absolute atomic E-state index is 6.44. The third-order valence-electron chi connectivity index (χ3n) is 7.60. The van der Waals surface area contributed by atoms with E-state index in [1.807, 2.05) is 60.7 Å². The van der Waals surface area contributed by atoms with Gasteiger partial charge in [0.2, 0.25) is 11.8 Å². The molecule has 1 aromatic heterocycles. The van der Waals surface area contributed by atoms with Crippen LogP contribution in [-0.4, -0.2) is 52.6 Å². The molecule has 1 aliphatic rings. The van der Waals surface area contributed by atoms with Crippen molar-refractivity contribution in [1.82, 2.24) is 10.3 Å². The van der Waals surface area contributed by atoms with Gasteiger partial charge in [-0.15, -0.1) is 0 Å². The number of rotatable bonds is 14. The standard InChI is InChI=1S/C34H40N2O6/c1-37-30-12-7-4-9-25(30)22-40-19-8-20-41-32-14-13-27(24-15-17-35-18-16-24)34(36-32)42-23-26-21-31(38-2)28-10-5-6-11-29(28)33(26)39-3/h4-7,9-14,21,24,35H,8,15-20,22-23H2,1-3H3. The van der Waals surface area contributed by atoms with Gasteiger partial charge in [-0.25, -0.2) is 0 Å². The number of benzene rings is 3. The van der Waals surface area contributed by atoms with Crippen molar-refractivity contribution in [2.45, 2.75) is 38.4 Å². The first kappa shape index (κ1) is 29.5. The average molecular weight is 573 g/mol. The fraction of sp³-hybridized carbons (Fsp3) is 0.382. The van der Waals surface area contributed by atoms with Crippen molar-refractivity contribution < 1.29 is 28.4 Å². The number of piperidine rings is 1. The lowest BCUT2D eigenvalue weighted by Crippen LogP contribution is -2.27. The lowest BCUT2D eigenvalue weighted by atomic mass is 9.91. The van der Waals surface area contributed by atoms with Gasteiger partial charge in [-0.2, -0.15) is 4.98 Å². The van der Waals surface area contributed by atoms with Crippen LogP contribution >= 0.6 is 0 Å². The minimum Gasteiger partial charge on any atom is -0.496 e. The quantitative estimate of drug-likeness (QED) is 0.177. The zero-order chi connectivity index (χ0) is 29.1. The van der Waals surface area contributed by atoms with Crippen molar-refractivity contribution in [2.24, 2.45) is 0 Å². The summed E-state index contributed by atoms with van der Waals surface area (Å²) in [5, 5.41) is 5.42. The van der Waals surface area contributed by atoms with Gasteiger partial charge in [0.25, 0.3) is 0 Å². The van der Waals surface area contributed by atoms with Gasteiger partial charge in [0.1, 0.15) is 23.9 Å². The number of methoxy groups -OCH3 is 3. The molecule has 3 aromatic carbocycles. The number of hydrogen-bond acceptors (Lipinski definition) is 8. The summed E-state index contributed by atoms with van der Waals surface area (Å²) in [5.41, 5.74) is 3.03. The first-order valence-corrected chi connectivity index (χ1v) is 14.5. The Bertz CT molecular complexity index is 1450. The van der Waals surface area contributed by atoms with Crippen LogP contribution < -0.4 is 29.0 Å². The fourth-order valence-electron chi connectivity index (χ4n) is 5.45. The zero-order valence-electron chi connectivity index (χ0n) is 24.7. The summed E-state index contributed by atoms with van der Waals surface area (Å²) in [6.07, 6.45) is 2.81. The van der Waals surface area contributed by atoms with Crippen LogP contribution in [0.4, 0.5) is 0 Å². The number of pyridine rings is 1. The Balaban J connectivity index is 1.26. The number of nitrogens with zero attached hydrogens (tertiary/aromatic N) is 1. The van der Waals surface area contributed by atoms with Gasteiger partial charge in [-0.05, 0) is 50.0 Å². The molecule has 1 saturated heterocycles. The molecule has 0 unspecified atom stereocenters. The molecule has 1 fully saturated rings. The van der Waals surface area contributed by atoms with Crippen molar-refractivity contribution in [1.29, 1.82) is 0 Å². The van der Waals surface area contributed by atoms with E-state index >= 15 is 0 Å². The fourth-order valence-corrected chi connectivity index (χ4v) is 5.45. The molecule has 1 aliphatic heterocycles. The molecular formula is C34H40N2O6. The van der Waals surface area contributed by atoms with Gasteiger partial charge < -0.3 is 33.7 Å². The zero-order valence-corrected chi connectivity index (χ0v) is 24.7. The molecule has 0 saturated carbocycles. The molecule has 0 spiro atoms. The molecule has 2 heterocycles. The highest BCUT2D eigenvalue weighted by molar-refractivity contribution is 5.94. The summed E-state index contributed by atoms with van der Waals surface area (Å²) in [6, 6.07) is 22.0. The molecular weight excluding hydrogens is 532 g/mol. The first-order chi connectivity index (χ1) is 20.7. The third kappa shape index (κ3) is 7.06. The van der Waals surface area contributed by atoms with Gasteiger partial charge in [0.15, 0.2) is 0 Å². The first-order valence-electron chi connectivity index (χ1n) is 14.5. The second kappa shape index (κ2) is 14.8. The van der Waals surface area contributed by atoms with Crippen LogP contribution in [0, 0.1) is 0 Å². The van der Waals surface area contributed by atoms with E-state index in [-0.39, 0.29) is 6.61 Å². The summed E-state index contributed by atoms with van der Waals surface area (Å²) < 4.78 is 35.2. The average Bonchev–Trinajstić information content (AvgIpc) is 3.05. The van der Waals surface area contributed by atoms with Crippen LogP contribution in [0.3, 0.4) is 0 Å². The van der Waals surface area contributed by atoms with Crippen LogP contribution in [0.5, 0.6) is 29.0 Å². The van der Waals surface area contributed by atoms with Crippen molar-refractivity contribution in [3.63, 3.8) is 0 Å². The summed E-state index contributed by atoms with van der Waals surface area (Å²) in [7, 11) is 5.04. The number of hydrogen-bond donors (Lipinski definition) is 1. The highest BCUT2D eigenvalue weighted by Crippen LogP contribution is 2.38. The van der Waals surface area contributed by atoms with Crippen molar-refractivity contribution in [2.75, 3.05) is 47.6 Å². The molecule has 1 N–H and O–H groups in total. The van der Waals surface area contributed by atoms with Gasteiger partial charge >= 0.3 is 0 Å². The van der Waals surface area contributed by atoms with E-state index in [1.54, 1.807) is 21.3 Å². The molecule has 222 valence electrons. The molecule has 4 aromatic rings. The van der Waals surface area contributed by atoms with Crippen LogP contribution in [0.1, 0.15) is 41.9 Å². The van der Waals surface area contributed by atoms with Gasteiger partial charge in [-0.3, -0.25) is 0 Å². The summed E-state index contributed by atoms with van der Waals surface area (Å²) in [5.74, 6) is 3.90. The maximum atomic E-state index is 6.44. The van der Waals surface area contributed by atoms with Gasteiger partial charge in [-0.1, -0.05) is 42.5 Å². The van der Waals surface area contributed by atoms with Gasteiger partial charge in [0.05, 0.1) is 41.2 Å². The van der Waals surface area contributed by atoms with E-state index in [9.17, 15) is 0 Å². The number of nitrogens with one attached hydrogen (secondary N) is 1. The minimum absolute atomic E-state index is 0.287. The number of aromatic nitrogens is 1. The lowest BCUT2D eigenvalue weighted by Gasteiger charge is -2.25. The molecule has 0 atom stereocenters. The predicted octanol–water partition coefficient (Wildman–Crippen LogP) is 6.29. The largest absolute Gasteiger partial charge is 0.496 e. The van der Waals surface area contributed by atoms with Crippen LogP contribution in [0.15, 0.2) is 66.7 Å². The Morgan fingerprint density at radius 2 is 1.50 bits per heavy atom. The van der Waals surface area contributed by atoms with E-state index in [4.69, 9.17) is 33.4 Å². The SMILES string of the molecule is COc1ccccc1COCCCOc1ccc(C2CCNCC2)c(OCc2cc(OC)c3ccccc3c2OC)n1. The number of ether oxygens (including phenoxy) is 6. The molecule has 0 bridgehead atoms. The molecule has 42 heavy (non-hydrogen) atoms. The Morgan fingerprint density at radius 1 is 0.738 bits per heavy atom. The maximum Gasteiger partial charge on any atom is 0.220 e. The number of para-hydroxylation sites is 1. The van der Waals surface area contributed by atoms with E-state index in [0.29, 0.717) is 37.5 Å². The van der Waals surface area contributed by atoms with Gasteiger partial charge in [0, 0.05) is 39.9 Å². The summed E-state index contributed by atoms with van der Waals surface area (Å²) >= 11 is 0. The second-order valence-corrected chi connectivity index (χ2v) is 10.2. The Kier molecular flexibility index (Phi) is 10.4. The summed E-state index contributed by atoms with van der Waals surface area (Å²) in [6.45, 7) is 3.79. The third-order valence-corrected chi connectivity index (χ3v) is 7.60. The van der Waals surface area contributed by atoms with Crippen molar-refractivity contribution >= 4 is 10.8 Å². The van der Waals surface area contributed by atoms with Crippen LogP contribution in [0.25, 0.3) is 10.8 Å². The van der Waals surface area contributed by atoms with Crippen molar-refractivity contribution in [3.8, 4) is 29.0 Å². The van der Waals surface area contributed by atoms with Crippen molar-refractivity contribution in [3.05, 3.63) is 83.4 Å². The molecule has 8 heteroatoms. The smallest absolute Gasteiger partial charge is 0.220 e. The Morgan fingerprint density at radius 3 is 2.29 bits per heavy atom. The molecule has 0 radical (unpaired) electrons. The topological polar surface area (TPSA) is 80.3 Å². The normalized spacial score (nSPS) is 13.6. The Hall–Kier alpha value is -4.01. The second-order valence-electron chi connectivity index (χ2n) is 10.2. The summed E-state index contributed by atoms with van der Waals surface area (Å²) in [4.78, 5) is 4.82. The number of fused-ring (bicyclic) bond motifs is 1. The predicted molar refractivity (Wildman–Crippen MR) is 163 cm³/mol. The molecule has 0 aliphatic carbocycles. The minimum atomic E-state index is 0.287. The van der Waals surface area contributed by atoms with Crippen LogP contribution in [-0.2, 0) is 18.0 Å². The highest BCUT2D eigenvalue weighted by Gasteiger charge is 2.22. The monoisotopic (exact) mass is 572 g/mol. The van der Waals surface area contributed by atoms with E-state index in [2.05, 4.69) is 11.4 Å². The Labute approximate surface area is 247 Å². The molecule has 5 rings (SSSR count). The highest BCUT2D eigenvalue weighted by atomic mass is 16.5. The van der Waals surface area contributed by atoms with E-state index in [0.717, 1.165) is 77.1 Å². The molecule has 8 nitrogen and oxygen atoms in total. The van der Waals surface area contributed by atoms with E-state index in [1.165, 1.54) is 0 Å². The van der Waals surface area contributed by atoms with Crippen LogP contribution in [0.2, 0.25) is 0 Å². The van der Waals surface area contributed by atoms with E-state index < -0.39 is 0 Å². The molecule has 0 amide bonds.